The number of ketones is 1. The molecule has 88 valence electrons. The number of aromatic nitrogens is 1. The number of hydrogen-bond donors (Lipinski definition) is 1. The molecular weight excluding hydrogens is 214 g/mol. The van der Waals surface area contributed by atoms with Crippen molar-refractivity contribution >= 4 is 5.78 Å². The summed E-state index contributed by atoms with van der Waals surface area (Å²) in [5, 5.41) is 10.6. The molecule has 1 unspecified atom stereocenters. The van der Waals surface area contributed by atoms with Crippen molar-refractivity contribution in [1.82, 2.24) is 4.98 Å². The van der Waals surface area contributed by atoms with Gasteiger partial charge in [0.15, 0.2) is 5.78 Å². The fraction of sp³-hybridized carbons (Fsp3) is 0.286. The topological polar surface area (TPSA) is 50.2 Å². The molecule has 1 aliphatic carbocycles. The first-order chi connectivity index (χ1) is 8.12. The summed E-state index contributed by atoms with van der Waals surface area (Å²) in [5.41, 5.74) is 0.759. The van der Waals surface area contributed by atoms with E-state index in [2.05, 4.69) is 11.6 Å². The molecule has 2 rings (SSSR count). The molecule has 0 saturated heterocycles. The van der Waals surface area contributed by atoms with Gasteiger partial charge < -0.3 is 5.11 Å². The van der Waals surface area contributed by atoms with Crippen molar-refractivity contribution < 1.29 is 9.90 Å². The molecule has 1 aliphatic rings. The van der Waals surface area contributed by atoms with Gasteiger partial charge in [-0.25, -0.2) is 0 Å². The third-order valence-electron chi connectivity index (χ3n) is 3.15. The Hall–Kier alpha value is -1.74. The van der Waals surface area contributed by atoms with Gasteiger partial charge in [-0.15, -0.1) is 6.58 Å². The fourth-order valence-corrected chi connectivity index (χ4v) is 2.38. The van der Waals surface area contributed by atoms with Gasteiger partial charge in [0, 0.05) is 30.0 Å². The van der Waals surface area contributed by atoms with E-state index in [0.29, 0.717) is 24.0 Å². The number of nitrogens with zero attached hydrogens (tertiary/aromatic N) is 1. The summed E-state index contributed by atoms with van der Waals surface area (Å²) in [6.07, 6.45) is 7.35. The Morgan fingerprint density at radius 3 is 3.06 bits per heavy atom. The Morgan fingerprint density at radius 1 is 1.65 bits per heavy atom. The van der Waals surface area contributed by atoms with Crippen LogP contribution in [0.2, 0.25) is 0 Å². The molecule has 0 aliphatic heterocycles. The average molecular weight is 229 g/mol. The Labute approximate surface area is 101 Å². The molecule has 0 radical (unpaired) electrons. The summed E-state index contributed by atoms with van der Waals surface area (Å²) in [6.45, 7) is 5.41. The van der Waals surface area contributed by atoms with E-state index in [4.69, 9.17) is 0 Å². The van der Waals surface area contributed by atoms with Gasteiger partial charge >= 0.3 is 0 Å². The van der Waals surface area contributed by atoms with Crippen molar-refractivity contribution in [3.8, 4) is 0 Å². The first-order valence-corrected chi connectivity index (χ1v) is 5.60. The number of aliphatic hydroxyl groups is 1. The number of hydrogen-bond acceptors (Lipinski definition) is 3. The number of carbonyl (C=O) groups is 1. The maximum absolute atomic E-state index is 12.2. The smallest absolute Gasteiger partial charge is 0.191 e. The Bertz CT molecular complexity index is 505. The van der Waals surface area contributed by atoms with Crippen LogP contribution in [0.4, 0.5) is 0 Å². The van der Waals surface area contributed by atoms with Crippen molar-refractivity contribution in [2.75, 3.05) is 0 Å². The van der Waals surface area contributed by atoms with Crippen LogP contribution in [0, 0.1) is 0 Å². The summed E-state index contributed by atoms with van der Waals surface area (Å²) < 4.78 is 0. The molecule has 1 atom stereocenters. The first-order valence-electron chi connectivity index (χ1n) is 5.60. The van der Waals surface area contributed by atoms with Gasteiger partial charge in [0.25, 0.3) is 0 Å². The number of carbonyl (C=O) groups excluding carboxylic acids is 1. The second-order valence-electron chi connectivity index (χ2n) is 4.27. The van der Waals surface area contributed by atoms with Gasteiger partial charge in [0.2, 0.25) is 0 Å². The van der Waals surface area contributed by atoms with E-state index < -0.39 is 5.60 Å². The lowest BCUT2D eigenvalue weighted by molar-refractivity contribution is 0.0645. The lowest BCUT2D eigenvalue weighted by Crippen LogP contribution is -2.41. The number of Topliss-reactive ketones (excluding diaryl/α,β-unsaturated/α-hetero) is 1. The maximum atomic E-state index is 12.2. The van der Waals surface area contributed by atoms with Gasteiger partial charge in [0.05, 0.1) is 0 Å². The Morgan fingerprint density at radius 2 is 2.41 bits per heavy atom. The van der Waals surface area contributed by atoms with E-state index in [1.54, 1.807) is 37.5 Å². The highest BCUT2D eigenvalue weighted by atomic mass is 16.3. The van der Waals surface area contributed by atoms with Crippen molar-refractivity contribution in [2.24, 2.45) is 0 Å². The van der Waals surface area contributed by atoms with E-state index in [-0.39, 0.29) is 5.78 Å². The second-order valence-corrected chi connectivity index (χ2v) is 4.27. The molecular formula is C14H15NO2. The Kier molecular flexibility index (Phi) is 2.94. The summed E-state index contributed by atoms with van der Waals surface area (Å²) in [6, 6.07) is 1.70. The standard InChI is InChI=1S/C14H15NO2/c1-3-6-14(17)8-10-9-15-7-5-11(10)13(16)12(14)4-2/h3-5,7,9,17H,1,6,8H2,2H3/b12-4+. The minimum absolute atomic E-state index is 0.111. The van der Waals surface area contributed by atoms with Crippen LogP contribution in [-0.2, 0) is 6.42 Å². The molecule has 0 bridgehead atoms. The SMILES string of the molecule is C=CCC1(O)Cc2cnccc2C(=O)/C1=C\C. The highest BCUT2D eigenvalue weighted by Gasteiger charge is 2.40. The number of allylic oxidation sites excluding steroid dienone is 1. The predicted octanol–water partition coefficient (Wildman–Crippen LogP) is 2.07. The predicted molar refractivity (Wildman–Crippen MR) is 65.8 cm³/mol. The van der Waals surface area contributed by atoms with Gasteiger partial charge in [-0.3, -0.25) is 9.78 Å². The van der Waals surface area contributed by atoms with E-state index in [1.807, 2.05) is 0 Å². The minimum Gasteiger partial charge on any atom is -0.384 e. The van der Waals surface area contributed by atoms with Crippen molar-refractivity contribution in [2.45, 2.75) is 25.4 Å². The largest absolute Gasteiger partial charge is 0.384 e. The van der Waals surface area contributed by atoms with Crippen LogP contribution >= 0.6 is 0 Å². The summed E-state index contributed by atoms with van der Waals surface area (Å²) in [4.78, 5) is 16.2. The van der Waals surface area contributed by atoms with Crippen LogP contribution in [0.5, 0.6) is 0 Å². The summed E-state index contributed by atoms with van der Waals surface area (Å²) in [5.74, 6) is -0.111. The van der Waals surface area contributed by atoms with Crippen LogP contribution in [0.3, 0.4) is 0 Å². The maximum Gasteiger partial charge on any atom is 0.191 e. The molecule has 3 heteroatoms. The Balaban J connectivity index is 2.56. The van der Waals surface area contributed by atoms with Crippen LogP contribution < -0.4 is 0 Å². The van der Waals surface area contributed by atoms with E-state index in [1.165, 1.54) is 0 Å². The van der Waals surface area contributed by atoms with Gasteiger partial charge in [-0.2, -0.15) is 0 Å². The monoisotopic (exact) mass is 229 g/mol. The molecule has 3 nitrogen and oxygen atoms in total. The number of fused-ring (bicyclic) bond motifs is 1. The number of pyridine rings is 1. The van der Waals surface area contributed by atoms with E-state index >= 15 is 0 Å². The summed E-state index contributed by atoms with van der Waals surface area (Å²) in [7, 11) is 0. The minimum atomic E-state index is -1.14. The quantitative estimate of drug-likeness (QED) is 0.624. The molecule has 1 N–H and O–H groups in total. The van der Waals surface area contributed by atoms with Crippen LogP contribution in [-0.4, -0.2) is 21.5 Å². The molecule has 1 aromatic heterocycles. The fourth-order valence-electron chi connectivity index (χ4n) is 2.38. The lowest BCUT2D eigenvalue weighted by atomic mass is 9.74. The number of rotatable bonds is 2. The average Bonchev–Trinajstić information content (AvgIpc) is 2.29. The molecule has 17 heavy (non-hydrogen) atoms. The van der Waals surface area contributed by atoms with E-state index in [9.17, 15) is 9.90 Å². The van der Waals surface area contributed by atoms with Crippen molar-refractivity contribution in [3.05, 3.63) is 53.9 Å². The van der Waals surface area contributed by atoms with Crippen molar-refractivity contribution in [3.63, 3.8) is 0 Å². The van der Waals surface area contributed by atoms with E-state index in [0.717, 1.165) is 5.56 Å². The third-order valence-corrected chi connectivity index (χ3v) is 3.15. The van der Waals surface area contributed by atoms with Crippen LogP contribution in [0.25, 0.3) is 0 Å². The highest BCUT2D eigenvalue weighted by Crippen LogP contribution is 2.35. The molecule has 1 aromatic rings. The zero-order valence-corrected chi connectivity index (χ0v) is 9.81. The molecule has 0 amide bonds. The van der Waals surface area contributed by atoms with Gasteiger partial charge in [-0.05, 0) is 25.0 Å². The molecule has 0 fully saturated rings. The highest BCUT2D eigenvalue weighted by molar-refractivity contribution is 6.12. The summed E-state index contributed by atoms with van der Waals surface area (Å²) >= 11 is 0. The second kappa shape index (κ2) is 4.26. The molecule has 0 aromatic carbocycles. The molecule has 1 heterocycles. The van der Waals surface area contributed by atoms with Gasteiger partial charge in [-0.1, -0.05) is 12.2 Å². The normalized spacial score (nSPS) is 25.8. The lowest BCUT2D eigenvalue weighted by Gasteiger charge is -2.34. The van der Waals surface area contributed by atoms with Gasteiger partial charge in [0.1, 0.15) is 5.60 Å². The third kappa shape index (κ3) is 1.83. The zero-order valence-electron chi connectivity index (χ0n) is 9.81. The van der Waals surface area contributed by atoms with Crippen LogP contribution in [0.15, 0.2) is 42.8 Å². The first kappa shape index (κ1) is 11.7. The zero-order chi connectivity index (χ0) is 12.5. The van der Waals surface area contributed by atoms with Crippen molar-refractivity contribution in [1.29, 1.82) is 0 Å². The molecule has 0 spiro atoms. The van der Waals surface area contributed by atoms with Crippen LogP contribution in [0.1, 0.15) is 29.3 Å². The molecule has 0 saturated carbocycles.